The molecule has 410 valence electrons. The molecule has 0 fully saturated rings. The van der Waals surface area contributed by atoms with Gasteiger partial charge in [0.25, 0.3) is 0 Å². The molecule has 0 aromatic carbocycles. The third-order valence-corrected chi connectivity index (χ3v) is 14.8. The van der Waals surface area contributed by atoms with E-state index in [-0.39, 0.29) is 24.9 Å². The first kappa shape index (κ1) is 67.6. The average molecular weight is 975 g/mol. The van der Waals surface area contributed by atoms with Crippen molar-refractivity contribution < 1.29 is 24.5 Å². The molecule has 1 amide bonds. The molecule has 0 heterocycles. The standard InChI is InChI=1S/C63H123NO5/c1-4-7-10-13-16-19-22-25-28-30-31-33-35-38-41-44-47-50-53-56-63(68)69-59(54-51-48-45-42-39-36-34-32-29-26-23-20-17-14-11-8-5-2)57-62(67)64-60(58-65)61(66)55-52-49-46-43-40-37-27-24-21-18-15-12-9-6-3/h25,28,59-61,65-66H,4-24,26-27,29-58H2,1-3H3,(H,64,67)/b28-25+. The van der Waals surface area contributed by atoms with Gasteiger partial charge in [0.15, 0.2) is 0 Å². The molecule has 0 aliphatic heterocycles. The Kier molecular flexibility index (Phi) is 56.3. The highest BCUT2D eigenvalue weighted by atomic mass is 16.5. The molecule has 0 aliphatic carbocycles. The summed E-state index contributed by atoms with van der Waals surface area (Å²) in [6.07, 6.45) is 67.1. The zero-order valence-corrected chi connectivity index (χ0v) is 47.0. The molecule has 0 aromatic rings. The number of hydrogen-bond donors (Lipinski definition) is 3. The van der Waals surface area contributed by atoms with E-state index in [1.807, 2.05) is 0 Å². The number of rotatable bonds is 58. The third kappa shape index (κ3) is 52.7. The van der Waals surface area contributed by atoms with E-state index < -0.39 is 18.2 Å². The molecular weight excluding hydrogens is 851 g/mol. The Morgan fingerprint density at radius 2 is 0.696 bits per heavy atom. The molecule has 0 saturated carbocycles. The van der Waals surface area contributed by atoms with E-state index in [1.165, 1.54) is 263 Å². The van der Waals surface area contributed by atoms with Crippen molar-refractivity contribution in [1.29, 1.82) is 0 Å². The molecule has 3 N–H and O–H groups in total. The summed E-state index contributed by atoms with van der Waals surface area (Å²) in [7, 11) is 0. The van der Waals surface area contributed by atoms with E-state index in [0.717, 1.165) is 44.9 Å². The summed E-state index contributed by atoms with van der Waals surface area (Å²) in [5, 5.41) is 23.9. The maximum atomic E-state index is 13.3. The van der Waals surface area contributed by atoms with Crippen LogP contribution in [-0.4, -0.2) is 46.9 Å². The number of amides is 1. The van der Waals surface area contributed by atoms with Crippen LogP contribution in [-0.2, 0) is 14.3 Å². The van der Waals surface area contributed by atoms with Crippen LogP contribution in [0.25, 0.3) is 0 Å². The first-order chi connectivity index (χ1) is 34.0. The number of unbranched alkanes of at least 4 members (excludes halogenated alkanes) is 44. The molecule has 0 saturated heterocycles. The monoisotopic (exact) mass is 974 g/mol. The van der Waals surface area contributed by atoms with Gasteiger partial charge < -0.3 is 20.3 Å². The largest absolute Gasteiger partial charge is 0.462 e. The van der Waals surface area contributed by atoms with Crippen molar-refractivity contribution in [2.45, 2.75) is 373 Å². The van der Waals surface area contributed by atoms with E-state index in [9.17, 15) is 19.8 Å². The first-order valence-electron chi connectivity index (χ1n) is 31.4. The predicted octanol–water partition coefficient (Wildman–Crippen LogP) is 19.6. The Bertz CT molecular complexity index is 1050. The summed E-state index contributed by atoms with van der Waals surface area (Å²) >= 11 is 0. The van der Waals surface area contributed by atoms with Gasteiger partial charge in [-0.25, -0.2) is 0 Å². The van der Waals surface area contributed by atoms with Gasteiger partial charge in [0.1, 0.15) is 6.10 Å². The first-order valence-corrected chi connectivity index (χ1v) is 31.4. The summed E-state index contributed by atoms with van der Waals surface area (Å²) in [6.45, 7) is 6.54. The van der Waals surface area contributed by atoms with Crippen LogP contribution in [0.1, 0.15) is 355 Å². The van der Waals surface area contributed by atoms with E-state index in [2.05, 4.69) is 38.2 Å². The summed E-state index contributed by atoms with van der Waals surface area (Å²) in [4.78, 5) is 26.4. The molecule has 0 rings (SSSR count). The smallest absolute Gasteiger partial charge is 0.306 e. The second kappa shape index (κ2) is 57.5. The van der Waals surface area contributed by atoms with Crippen LogP contribution in [0.3, 0.4) is 0 Å². The lowest BCUT2D eigenvalue weighted by molar-refractivity contribution is -0.151. The summed E-state index contributed by atoms with van der Waals surface area (Å²) in [5.41, 5.74) is 0. The number of ether oxygens (including phenoxy) is 1. The van der Waals surface area contributed by atoms with Gasteiger partial charge in [0, 0.05) is 6.42 Å². The van der Waals surface area contributed by atoms with E-state index >= 15 is 0 Å². The van der Waals surface area contributed by atoms with Crippen LogP contribution in [0.4, 0.5) is 0 Å². The Hall–Kier alpha value is -1.40. The molecule has 0 bridgehead atoms. The van der Waals surface area contributed by atoms with Crippen molar-refractivity contribution in [3.8, 4) is 0 Å². The fourth-order valence-electron chi connectivity index (χ4n) is 10.1. The molecular formula is C63H123NO5. The lowest BCUT2D eigenvalue weighted by Gasteiger charge is -2.24. The van der Waals surface area contributed by atoms with Gasteiger partial charge >= 0.3 is 5.97 Å². The van der Waals surface area contributed by atoms with Crippen LogP contribution in [0.2, 0.25) is 0 Å². The van der Waals surface area contributed by atoms with Crippen molar-refractivity contribution in [1.82, 2.24) is 5.32 Å². The highest BCUT2D eigenvalue weighted by molar-refractivity contribution is 5.77. The van der Waals surface area contributed by atoms with Gasteiger partial charge in [-0.05, 0) is 51.4 Å². The number of hydrogen-bond acceptors (Lipinski definition) is 5. The average Bonchev–Trinajstić information content (AvgIpc) is 3.34. The quantitative estimate of drug-likeness (QED) is 0.0321. The van der Waals surface area contributed by atoms with E-state index in [4.69, 9.17) is 4.74 Å². The lowest BCUT2D eigenvalue weighted by atomic mass is 10.0. The fraction of sp³-hybridized carbons (Fsp3) is 0.937. The van der Waals surface area contributed by atoms with Crippen molar-refractivity contribution in [3.05, 3.63) is 12.2 Å². The van der Waals surface area contributed by atoms with Gasteiger partial charge in [-0.15, -0.1) is 0 Å². The molecule has 0 spiro atoms. The molecule has 0 radical (unpaired) electrons. The van der Waals surface area contributed by atoms with Crippen molar-refractivity contribution in [2.75, 3.05) is 6.61 Å². The van der Waals surface area contributed by atoms with Gasteiger partial charge in [0.05, 0.1) is 25.2 Å². The minimum absolute atomic E-state index is 0.0855. The van der Waals surface area contributed by atoms with Crippen molar-refractivity contribution >= 4 is 11.9 Å². The van der Waals surface area contributed by atoms with Crippen LogP contribution in [0, 0.1) is 0 Å². The van der Waals surface area contributed by atoms with Crippen LogP contribution < -0.4 is 5.32 Å². The maximum absolute atomic E-state index is 13.3. The highest BCUT2D eigenvalue weighted by Crippen LogP contribution is 2.20. The maximum Gasteiger partial charge on any atom is 0.306 e. The van der Waals surface area contributed by atoms with Crippen molar-refractivity contribution in [3.63, 3.8) is 0 Å². The van der Waals surface area contributed by atoms with Gasteiger partial charge in [-0.2, -0.15) is 0 Å². The highest BCUT2D eigenvalue weighted by Gasteiger charge is 2.24. The summed E-state index contributed by atoms with van der Waals surface area (Å²) in [5.74, 6) is -0.448. The van der Waals surface area contributed by atoms with Crippen LogP contribution in [0.5, 0.6) is 0 Å². The summed E-state index contributed by atoms with van der Waals surface area (Å²) in [6, 6.07) is -0.696. The Morgan fingerprint density at radius 3 is 1.03 bits per heavy atom. The van der Waals surface area contributed by atoms with Gasteiger partial charge in [-0.1, -0.05) is 303 Å². The Balaban J connectivity index is 4.49. The molecule has 0 aromatic heterocycles. The predicted molar refractivity (Wildman–Crippen MR) is 301 cm³/mol. The Morgan fingerprint density at radius 1 is 0.406 bits per heavy atom. The number of esters is 1. The third-order valence-electron chi connectivity index (χ3n) is 14.8. The SMILES string of the molecule is CCCCCCCC/C=C/CCCCCCCCCCCC(=O)OC(CCCCCCCCCCCCCCCCCCC)CC(=O)NC(CO)C(O)CCCCCCCCCCCCCCCC. The number of allylic oxidation sites excluding steroid dienone is 2. The summed E-state index contributed by atoms with van der Waals surface area (Å²) < 4.78 is 5.99. The second-order valence-corrected chi connectivity index (χ2v) is 21.8. The van der Waals surface area contributed by atoms with Gasteiger partial charge in [-0.3, -0.25) is 9.59 Å². The number of nitrogens with one attached hydrogen (secondary N) is 1. The van der Waals surface area contributed by atoms with Crippen LogP contribution >= 0.6 is 0 Å². The molecule has 3 unspecified atom stereocenters. The van der Waals surface area contributed by atoms with E-state index in [1.54, 1.807) is 0 Å². The minimum atomic E-state index is -0.783. The number of carbonyl (C=O) groups is 2. The second-order valence-electron chi connectivity index (χ2n) is 21.8. The van der Waals surface area contributed by atoms with Crippen LogP contribution in [0.15, 0.2) is 12.2 Å². The number of aliphatic hydroxyl groups is 2. The van der Waals surface area contributed by atoms with Gasteiger partial charge in [0.2, 0.25) is 5.91 Å². The zero-order chi connectivity index (χ0) is 50.2. The number of carbonyl (C=O) groups excluding carboxylic acids is 2. The topological polar surface area (TPSA) is 95.9 Å². The lowest BCUT2D eigenvalue weighted by Crippen LogP contribution is -2.46. The fourth-order valence-corrected chi connectivity index (χ4v) is 10.1. The molecule has 6 heteroatoms. The molecule has 3 atom stereocenters. The zero-order valence-electron chi connectivity index (χ0n) is 47.0. The molecule has 6 nitrogen and oxygen atoms in total. The number of aliphatic hydroxyl groups excluding tert-OH is 2. The van der Waals surface area contributed by atoms with E-state index in [0.29, 0.717) is 19.3 Å². The molecule has 0 aliphatic rings. The molecule has 69 heavy (non-hydrogen) atoms. The van der Waals surface area contributed by atoms with Crippen molar-refractivity contribution in [2.24, 2.45) is 0 Å². The Labute approximate surface area is 431 Å². The minimum Gasteiger partial charge on any atom is -0.462 e. The normalized spacial score (nSPS) is 13.1.